The van der Waals surface area contributed by atoms with Gasteiger partial charge in [0.2, 0.25) is 5.95 Å². The molecule has 9 heteroatoms. The van der Waals surface area contributed by atoms with E-state index in [9.17, 15) is 9.90 Å². The lowest BCUT2D eigenvalue weighted by Gasteiger charge is -2.27. The molecule has 0 bridgehead atoms. The molecule has 0 spiro atoms. The number of fused-ring (bicyclic) bond motifs is 1. The SMILES string of the molecule is Cc1cc(C(=O)N2CCOCC2)ccc1Nc1nccc(-c2cnc3c(c2)C(C)(CO)CN3)n1. The monoisotopic (exact) mass is 460 g/mol. The highest BCUT2D eigenvalue weighted by molar-refractivity contribution is 5.95. The molecule has 1 unspecified atom stereocenters. The number of hydrogen-bond acceptors (Lipinski definition) is 8. The third-order valence-corrected chi connectivity index (χ3v) is 6.50. The first-order valence-electron chi connectivity index (χ1n) is 11.4. The summed E-state index contributed by atoms with van der Waals surface area (Å²) in [5.41, 5.74) is 4.62. The molecule has 3 N–H and O–H groups in total. The van der Waals surface area contributed by atoms with E-state index in [0.717, 1.165) is 33.9 Å². The number of ether oxygens (including phenoxy) is 1. The van der Waals surface area contributed by atoms with Crippen molar-refractivity contribution in [1.82, 2.24) is 19.9 Å². The van der Waals surface area contributed by atoms with Crippen LogP contribution in [0.4, 0.5) is 17.5 Å². The Kier molecular flexibility index (Phi) is 5.89. The van der Waals surface area contributed by atoms with Crippen molar-refractivity contribution < 1.29 is 14.6 Å². The Bertz CT molecular complexity index is 1230. The summed E-state index contributed by atoms with van der Waals surface area (Å²) in [7, 11) is 0. The van der Waals surface area contributed by atoms with E-state index >= 15 is 0 Å². The number of carbonyl (C=O) groups excluding carboxylic acids is 1. The molecule has 34 heavy (non-hydrogen) atoms. The molecule has 1 saturated heterocycles. The van der Waals surface area contributed by atoms with Crippen LogP contribution in [0.15, 0.2) is 42.7 Å². The van der Waals surface area contributed by atoms with Gasteiger partial charge in [-0.15, -0.1) is 0 Å². The number of aliphatic hydroxyl groups is 1. The highest BCUT2D eigenvalue weighted by Gasteiger charge is 2.35. The minimum absolute atomic E-state index is 0.0182. The second-order valence-corrected chi connectivity index (χ2v) is 9.02. The lowest BCUT2D eigenvalue weighted by Crippen LogP contribution is -2.40. The molecular formula is C25H28N6O3. The summed E-state index contributed by atoms with van der Waals surface area (Å²) in [5.74, 6) is 1.27. The predicted molar refractivity (Wildman–Crippen MR) is 129 cm³/mol. The van der Waals surface area contributed by atoms with E-state index in [4.69, 9.17) is 4.74 Å². The van der Waals surface area contributed by atoms with Crippen LogP contribution in [0.3, 0.4) is 0 Å². The van der Waals surface area contributed by atoms with Gasteiger partial charge in [-0.3, -0.25) is 4.79 Å². The van der Waals surface area contributed by atoms with E-state index in [-0.39, 0.29) is 17.9 Å². The molecule has 2 aromatic heterocycles. The lowest BCUT2D eigenvalue weighted by atomic mass is 9.85. The number of amides is 1. The Balaban J connectivity index is 1.36. The first-order chi connectivity index (χ1) is 16.5. The van der Waals surface area contributed by atoms with Crippen LogP contribution < -0.4 is 10.6 Å². The predicted octanol–water partition coefficient (Wildman–Crippen LogP) is 2.74. The number of pyridine rings is 1. The average Bonchev–Trinajstić information content (AvgIpc) is 3.22. The fraction of sp³-hybridized carbons (Fsp3) is 0.360. The standard InChI is InChI=1S/C25H28N6O3/c1-16-11-17(23(33)31-7-9-34-10-8-31)3-4-20(16)29-24-26-6-5-21(30-24)18-12-19-22(27-13-18)28-14-25(19,2)15-32/h3-6,11-13,32H,7-10,14-15H2,1-2H3,(H,27,28)(H,26,29,30). The zero-order valence-corrected chi connectivity index (χ0v) is 19.3. The molecule has 0 radical (unpaired) electrons. The Labute approximate surface area is 198 Å². The van der Waals surface area contributed by atoms with Gasteiger partial charge < -0.3 is 25.4 Å². The summed E-state index contributed by atoms with van der Waals surface area (Å²) in [6.45, 7) is 7.04. The Hall–Kier alpha value is -3.56. The molecule has 0 aliphatic carbocycles. The van der Waals surface area contributed by atoms with Gasteiger partial charge in [0.15, 0.2) is 0 Å². The first kappa shape index (κ1) is 22.2. The topological polar surface area (TPSA) is 112 Å². The van der Waals surface area contributed by atoms with Crippen LogP contribution in [0, 0.1) is 6.92 Å². The van der Waals surface area contributed by atoms with Gasteiger partial charge >= 0.3 is 0 Å². The number of nitrogens with one attached hydrogen (secondary N) is 2. The van der Waals surface area contributed by atoms with Crippen molar-refractivity contribution in [3.05, 3.63) is 59.4 Å². The molecule has 1 atom stereocenters. The van der Waals surface area contributed by atoms with Gasteiger partial charge in [0.05, 0.1) is 25.5 Å². The van der Waals surface area contributed by atoms with E-state index in [0.29, 0.717) is 44.4 Å². The van der Waals surface area contributed by atoms with E-state index in [1.807, 2.05) is 49.1 Å². The van der Waals surface area contributed by atoms with E-state index in [1.54, 1.807) is 12.4 Å². The molecule has 5 rings (SSSR count). The molecule has 2 aliphatic rings. The van der Waals surface area contributed by atoms with Gasteiger partial charge in [0.1, 0.15) is 5.82 Å². The van der Waals surface area contributed by atoms with E-state index < -0.39 is 0 Å². The zero-order chi connectivity index (χ0) is 23.7. The fourth-order valence-electron chi connectivity index (χ4n) is 4.31. The molecule has 9 nitrogen and oxygen atoms in total. The van der Waals surface area contributed by atoms with Crippen LogP contribution in [0.2, 0.25) is 0 Å². The summed E-state index contributed by atoms with van der Waals surface area (Å²) >= 11 is 0. The second-order valence-electron chi connectivity index (χ2n) is 9.02. The second kappa shape index (κ2) is 9.00. The Morgan fingerprint density at radius 1 is 1.24 bits per heavy atom. The van der Waals surface area contributed by atoms with Crippen LogP contribution in [0.5, 0.6) is 0 Å². The summed E-state index contributed by atoms with van der Waals surface area (Å²) in [6.07, 6.45) is 3.48. The van der Waals surface area contributed by atoms with Crippen LogP contribution in [-0.2, 0) is 10.2 Å². The third-order valence-electron chi connectivity index (χ3n) is 6.50. The minimum atomic E-state index is -0.371. The number of aromatic nitrogens is 3. The van der Waals surface area contributed by atoms with Crippen LogP contribution in [0.1, 0.15) is 28.4 Å². The number of benzene rings is 1. The summed E-state index contributed by atoms with van der Waals surface area (Å²) in [5, 5.41) is 16.4. The number of aliphatic hydroxyl groups excluding tert-OH is 1. The largest absolute Gasteiger partial charge is 0.395 e. The van der Waals surface area contributed by atoms with Gasteiger partial charge in [0, 0.05) is 59.8 Å². The molecule has 1 amide bonds. The van der Waals surface area contributed by atoms with E-state index in [2.05, 4.69) is 25.6 Å². The number of nitrogens with zero attached hydrogens (tertiary/aromatic N) is 4. The quantitative estimate of drug-likeness (QED) is 0.533. The molecule has 3 aromatic rings. The number of aryl methyl sites for hydroxylation is 1. The van der Waals surface area contributed by atoms with Crippen LogP contribution >= 0.6 is 0 Å². The maximum absolute atomic E-state index is 12.8. The molecule has 1 fully saturated rings. The number of anilines is 3. The lowest BCUT2D eigenvalue weighted by molar-refractivity contribution is 0.0303. The zero-order valence-electron chi connectivity index (χ0n) is 19.3. The third kappa shape index (κ3) is 4.20. The number of rotatable bonds is 5. The van der Waals surface area contributed by atoms with Gasteiger partial charge in [-0.05, 0) is 42.8 Å². The maximum atomic E-state index is 12.8. The van der Waals surface area contributed by atoms with Crippen LogP contribution in [0.25, 0.3) is 11.3 Å². The molecule has 0 saturated carbocycles. The Morgan fingerprint density at radius 3 is 2.82 bits per heavy atom. The molecule has 176 valence electrons. The number of hydrogen-bond donors (Lipinski definition) is 3. The van der Waals surface area contributed by atoms with Gasteiger partial charge in [0.25, 0.3) is 5.91 Å². The van der Waals surface area contributed by atoms with Gasteiger partial charge in [-0.25, -0.2) is 15.0 Å². The summed E-state index contributed by atoms with van der Waals surface area (Å²) in [4.78, 5) is 28.2. The highest BCUT2D eigenvalue weighted by atomic mass is 16.5. The summed E-state index contributed by atoms with van der Waals surface area (Å²) < 4.78 is 5.34. The first-order valence-corrected chi connectivity index (χ1v) is 11.4. The van der Waals surface area contributed by atoms with Crippen molar-refractivity contribution in [2.75, 3.05) is 50.1 Å². The van der Waals surface area contributed by atoms with Gasteiger partial charge in [-0.2, -0.15) is 0 Å². The van der Waals surface area contributed by atoms with Crippen molar-refractivity contribution >= 4 is 23.4 Å². The average molecular weight is 461 g/mol. The van der Waals surface area contributed by atoms with Crippen LogP contribution in [-0.4, -0.2) is 70.3 Å². The van der Waals surface area contributed by atoms with E-state index in [1.165, 1.54) is 0 Å². The summed E-state index contributed by atoms with van der Waals surface area (Å²) in [6, 6.07) is 9.46. The molecule has 2 aliphatic heterocycles. The van der Waals surface area contributed by atoms with Gasteiger partial charge in [-0.1, -0.05) is 6.92 Å². The van der Waals surface area contributed by atoms with Crippen molar-refractivity contribution in [1.29, 1.82) is 0 Å². The van der Waals surface area contributed by atoms with Crippen molar-refractivity contribution in [2.24, 2.45) is 0 Å². The fourth-order valence-corrected chi connectivity index (χ4v) is 4.31. The van der Waals surface area contributed by atoms with Crippen molar-refractivity contribution in [3.8, 4) is 11.3 Å². The minimum Gasteiger partial charge on any atom is -0.395 e. The molecule has 4 heterocycles. The number of morpholine rings is 1. The number of carbonyl (C=O) groups is 1. The maximum Gasteiger partial charge on any atom is 0.254 e. The molecule has 1 aromatic carbocycles. The molecular weight excluding hydrogens is 432 g/mol. The Morgan fingerprint density at radius 2 is 2.06 bits per heavy atom. The smallest absolute Gasteiger partial charge is 0.254 e. The van der Waals surface area contributed by atoms with Crippen molar-refractivity contribution in [3.63, 3.8) is 0 Å². The normalized spacial score (nSPS) is 19.4. The van der Waals surface area contributed by atoms with Crippen molar-refractivity contribution in [2.45, 2.75) is 19.3 Å². The highest BCUT2D eigenvalue weighted by Crippen LogP contribution is 2.37.